The van der Waals surface area contributed by atoms with Crippen molar-refractivity contribution in [2.24, 2.45) is 5.92 Å². The molecule has 0 atom stereocenters. The first kappa shape index (κ1) is 24.3. The number of hydrogen-bond acceptors (Lipinski definition) is 6. The summed E-state index contributed by atoms with van der Waals surface area (Å²) in [5.41, 5.74) is -0.795. The van der Waals surface area contributed by atoms with Crippen LogP contribution in [0.25, 0.3) is 0 Å². The fourth-order valence-electron chi connectivity index (χ4n) is 4.20. The number of carbonyl (C=O) groups is 1. The molecule has 0 aliphatic carbocycles. The second-order valence-electron chi connectivity index (χ2n) is 8.44. The van der Waals surface area contributed by atoms with E-state index in [4.69, 9.17) is 0 Å². The van der Waals surface area contributed by atoms with Crippen LogP contribution < -0.4 is 10.2 Å². The number of halogens is 3. The van der Waals surface area contributed by atoms with Gasteiger partial charge in [0.15, 0.2) is 0 Å². The lowest BCUT2D eigenvalue weighted by molar-refractivity contribution is -0.137. The van der Waals surface area contributed by atoms with Crippen molar-refractivity contribution in [3.8, 4) is 5.75 Å². The highest BCUT2D eigenvalue weighted by atomic mass is 32.2. The van der Waals surface area contributed by atoms with Gasteiger partial charge in [0, 0.05) is 38.3 Å². The van der Waals surface area contributed by atoms with Crippen LogP contribution in [0.15, 0.2) is 41.4 Å². The van der Waals surface area contributed by atoms with Crippen molar-refractivity contribution in [1.29, 1.82) is 0 Å². The molecule has 1 aromatic heterocycles. The van der Waals surface area contributed by atoms with Crippen LogP contribution in [0, 0.1) is 5.92 Å². The maximum atomic E-state index is 12.8. The number of phenols is 1. The Bertz CT molecular complexity index is 1140. The Hall–Kier alpha value is -2.86. The van der Waals surface area contributed by atoms with Crippen LogP contribution in [0.4, 0.5) is 24.7 Å². The van der Waals surface area contributed by atoms with E-state index in [2.05, 4.69) is 10.3 Å². The molecule has 1 aromatic carbocycles. The van der Waals surface area contributed by atoms with Crippen LogP contribution in [0.5, 0.6) is 5.75 Å². The smallest absolute Gasteiger partial charge is 0.417 e. The average molecular weight is 499 g/mol. The molecule has 2 saturated heterocycles. The molecule has 4 rings (SSSR count). The molecule has 2 aromatic rings. The maximum absolute atomic E-state index is 12.8. The third-order valence-corrected chi connectivity index (χ3v) is 8.09. The van der Waals surface area contributed by atoms with E-state index in [1.165, 1.54) is 28.6 Å². The third-order valence-electron chi connectivity index (χ3n) is 6.19. The van der Waals surface area contributed by atoms with Gasteiger partial charge in [-0.15, -0.1) is 0 Å². The molecule has 3 heterocycles. The van der Waals surface area contributed by atoms with Crippen molar-refractivity contribution in [1.82, 2.24) is 9.29 Å². The van der Waals surface area contributed by atoms with E-state index in [1.54, 1.807) is 0 Å². The first-order chi connectivity index (χ1) is 16.1. The molecule has 0 spiro atoms. The van der Waals surface area contributed by atoms with Crippen molar-refractivity contribution < 1.29 is 31.5 Å². The largest absolute Gasteiger partial charge is 0.506 e. The minimum atomic E-state index is -4.45. The van der Waals surface area contributed by atoms with Crippen molar-refractivity contribution in [3.63, 3.8) is 0 Å². The average Bonchev–Trinajstić information content (AvgIpc) is 3.36. The fraction of sp³-hybridized carbons (Fsp3) is 0.455. The maximum Gasteiger partial charge on any atom is 0.417 e. The Morgan fingerprint density at radius 1 is 1.06 bits per heavy atom. The molecular formula is C22H25F3N4O4S. The zero-order chi connectivity index (χ0) is 24.5. The number of piperidine rings is 1. The molecule has 2 aliphatic rings. The SMILES string of the molecule is O=C(Nc1cc(S(=O)(=O)N2CCCC2)ccc1O)C1CCN(c2ccc(C(F)(F)F)cn2)CC1. The summed E-state index contributed by atoms with van der Waals surface area (Å²) in [4.78, 5) is 18.5. The highest BCUT2D eigenvalue weighted by molar-refractivity contribution is 7.89. The van der Waals surface area contributed by atoms with Crippen LogP contribution in [-0.2, 0) is 21.0 Å². The van der Waals surface area contributed by atoms with Gasteiger partial charge >= 0.3 is 6.18 Å². The Morgan fingerprint density at radius 3 is 2.32 bits per heavy atom. The molecule has 0 unspecified atom stereocenters. The Kier molecular flexibility index (Phi) is 6.72. The molecule has 0 radical (unpaired) electrons. The number of amides is 1. The quantitative estimate of drug-likeness (QED) is 0.613. The lowest BCUT2D eigenvalue weighted by atomic mass is 9.95. The molecular weight excluding hydrogens is 473 g/mol. The highest BCUT2D eigenvalue weighted by Crippen LogP contribution is 2.32. The second-order valence-corrected chi connectivity index (χ2v) is 10.4. The van der Waals surface area contributed by atoms with E-state index in [9.17, 15) is 31.5 Å². The second kappa shape index (κ2) is 9.41. The van der Waals surface area contributed by atoms with E-state index >= 15 is 0 Å². The number of phenolic OH excluding ortho intramolecular Hbond substituents is 1. The molecule has 2 N–H and O–H groups in total. The molecule has 1 amide bonds. The third kappa shape index (κ3) is 5.12. The first-order valence-corrected chi connectivity index (χ1v) is 12.4. The molecule has 34 heavy (non-hydrogen) atoms. The normalized spacial score (nSPS) is 18.3. The van der Waals surface area contributed by atoms with Gasteiger partial charge in [-0.1, -0.05) is 0 Å². The number of nitrogens with one attached hydrogen (secondary N) is 1. The Labute approximate surface area is 195 Å². The molecule has 0 saturated carbocycles. The Morgan fingerprint density at radius 2 is 1.74 bits per heavy atom. The first-order valence-electron chi connectivity index (χ1n) is 11.0. The number of alkyl halides is 3. The van der Waals surface area contributed by atoms with Crippen LogP contribution in [0.2, 0.25) is 0 Å². The molecule has 2 fully saturated rings. The number of pyridine rings is 1. The Balaban J connectivity index is 1.38. The van der Waals surface area contributed by atoms with E-state index in [-0.39, 0.29) is 22.2 Å². The minimum Gasteiger partial charge on any atom is -0.506 e. The van der Waals surface area contributed by atoms with Crippen LogP contribution in [0.3, 0.4) is 0 Å². The van der Waals surface area contributed by atoms with E-state index in [0.717, 1.165) is 25.1 Å². The summed E-state index contributed by atoms with van der Waals surface area (Å²) in [6.07, 6.45) is -1.21. The number of aromatic hydroxyl groups is 1. The minimum absolute atomic E-state index is 0.00528. The number of nitrogens with zero attached hydrogens (tertiary/aromatic N) is 3. The standard InChI is InChI=1S/C22H25F3N4O4S/c23-22(24,25)16-3-6-20(26-14-16)28-11-7-15(8-12-28)21(31)27-18-13-17(4-5-19(18)30)34(32,33)29-9-1-2-10-29/h3-6,13-15,30H,1-2,7-12H2,(H,27,31). The van der Waals surface area contributed by atoms with Crippen LogP contribution in [0.1, 0.15) is 31.2 Å². The van der Waals surface area contributed by atoms with E-state index < -0.39 is 27.7 Å². The van der Waals surface area contributed by atoms with Crippen molar-refractivity contribution in [2.75, 3.05) is 36.4 Å². The summed E-state index contributed by atoms with van der Waals surface area (Å²) in [6.45, 7) is 1.73. The number of anilines is 2. The van der Waals surface area contributed by atoms with Gasteiger partial charge in [-0.3, -0.25) is 4.79 Å². The highest BCUT2D eigenvalue weighted by Gasteiger charge is 2.32. The number of hydrogen-bond donors (Lipinski definition) is 2. The zero-order valence-electron chi connectivity index (χ0n) is 18.3. The summed E-state index contributed by atoms with van der Waals surface area (Å²) < 4.78 is 65.1. The van der Waals surface area contributed by atoms with E-state index in [1.807, 2.05) is 4.90 Å². The van der Waals surface area contributed by atoms with Crippen molar-refractivity contribution in [2.45, 2.75) is 36.8 Å². The fourth-order valence-corrected chi connectivity index (χ4v) is 5.74. The molecule has 8 nitrogen and oxygen atoms in total. The number of benzene rings is 1. The van der Waals surface area contributed by atoms with Gasteiger partial charge in [0.25, 0.3) is 0 Å². The lowest BCUT2D eigenvalue weighted by Crippen LogP contribution is -2.38. The van der Waals surface area contributed by atoms with Crippen LogP contribution in [-0.4, -0.2) is 54.9 Å². The van der Waals surface area contributed by atoms with Gasteiger partial charge in [0.2, 0.25) is 15.9 Å². The summed E-state index contributed by atoms with van der Waals surface area (Å²) in [5, 5.41) is 12.8. The van der Waals surface area contributed by atoms with Crippen molar-refractivity contribution in [3.05, 3.63) is 42.1 Å². The van der Waals surface area contributed by atoms with Crippen LogP contribution >= 0.6 is 0 Å². The summed E-state index contributed by atoms with van der Waals surface area (Å²) >= 11 is 0. The predicted octanol–water partition coefficient (Wildman–Crippen LogP) is 3.45. The summed E-state index contributed by atoms with van der Waals surface area (Å²) in [5.74, 6) is -0.584. The van der Waals surface area contributed by atoms with Gasteiger partial charge in [0.1, 0.15) is 11.6 Å². The molecule has 184 valence electrons. The van der Waals surface area contributed by atoms with Gasteiger partial charge in [-0.25, -0.2) is 13.4 Å². The monoisotopic (exact) mass is 498 g/mol. The zero-order valence-corrected chi connectivity index (χ0v) is 19.1. The number of carbonyl (C=O) groups excluding carboxylic acids is 1. The van der Waals surface area contributed by atoms with Gasteiger partial charge in [-0.2, -0.15) is 17.5 Å². The summed E-state index contributed by atoms with van der Waals surface area (Å²) in [6, 6.07) is 6.12. The lowest BCUT2D eigenvalue weighted by Gasteiger charge is -2.32. The number of sulfonamides is 1. The van der Waals surface area contributed by atoms with Gasteiger partial charge in [-0.05, 0) is 56.0 Å². The summed E-state index contributed by atoms with van der Waals surface area (Å²) in [7, 11) is -3.70. The van der Waals surface area contributed by atoms with Gasteiger partial charge < -0.3 is 15.3 Å². The number of rotatable bonds is 5. The van der Waals surface area contributed by atoms with E-state index in [0.29, 0.717) is 44.8 Å². The molecule has 2 aliphatic heterocycles. The van der Waals surface area contributed by atoms with Crippen molar-refractivity contribution >= 4 is 27.4 Å². The molecule has 12 heteroatoms. The molecule has 0 bridgehead atoms. The predicted molar refractivity (Wildman–Crippen MR) is 119 cm³/mol. The number of aromatic nitrogens is 1. The topological polar surface area (TPSA) is 103 Å². The van der Waals surface area contributed by atoms with Gasteiger partial charge in [0.05, 0.1) is 16.1 Å².